The Morgan fingerprint density at radius 2 is 1.89 bits per heavy atom. The summed E-state index contributed by atoms with van der Waals surface area (Å²) in [5.74, 6) is 0.501. The quantitative estimate of drug-likeness (QED) is 0.719. The number of hydrogen-bond donors (Lipinski definition) is 2. The average Bonchev–Trinajstić information content (AvgIpc) is 2.99. The summed E-state index contributed by atoms with van der Waals surface area (Å²) in [6.45, 7) is 5.89. The van der Waals surface area contributed by atoms with E-state index in [9.17, 15) is 13.2 Å². The number of amides is 1. The SMILES string of the molecule is CC(C)CNC1CCC(N2CCC(N)C2=O)C(CS(=O)(=O)c2ccccc2)C1. The lowest BCUT2D eigenvalue weighted by atomic mass is 9.81. The molecule has 156 valence electrons. The van der Waals surface area contributed by atoms with Crippen molar-refractivity contribution in [3.63, 3.8) is 0 Å². The Hall–Kier alpha value is -1.44. The maximum atomic E-state index is 13.0. The molecule has 0 aromatic heterocycles. The molecule has 28 heavy (non-hydrogen) atoms. The smallest absolute Gasteiger partial charge is 0.239 e. The van der Waals surface area contributed by atoms with Crippen molar-refractivity contribution in [2.75, 3.05) is 18.8 Å². The maximum absolute atomic E-state index is 13.0. The highest BCUT2D eigenvalue weighted by atomic mass is 32.2. The van der Waals surface area contributed by atoms with Gasteiger partial charge in [-0.1, -0.05) is 32.0 Å². The van der Waals surface area contributed by atoms with Gasteiger partial charge in [0.15, 0.2) is 9.84 Å². The van der Waals surface area contributed by atoms with Gasteiger partial charge < -0.3 is 16.0 Å². The third kappa shape index (κ3) is 4.93. The Bertz CT molecular complexity index is 766. The number of rotatable bonds is 7. The predicted molar refractivity (Wildman–Crippen MR) is 111 cm³/mol. The van der Waals surface area contributed by atoms with E-state index in [2.05, 4.69) is 19.2 Å². The molecule has 3 N–H and O–H groups in total. The van der Waals surface area contributed by atoms with E-state index in [1.165, 1.54) is 0 Å². The minimum atomic E-state index is -3.41. The highest BCUT2D eigenvalue weighted by Crippen LogP contribution is 2.33. The van der Waals surface area contributed by atoms with E-state index in [0.29, 0.717) is 29.8 Å². The van der Waals surface area contributed by atoms with Gasteiger partial charge in [-0.15, -0.1) is 0 Å². The maximum Gasteiger partial charge on any atom is 0.239 e. The van der Waals surface area contributed by atoms with Gasteiger partial charge in [0, 0.05) is 18.6 Å². The number of carbonyl (C=O) groups is 1. The van der Waals surface area contributed by atoms with Crippen molar-refractivity contribution in [2.45, 2.75) is 62.6 Å². The molecule has 2 fully saturated rings. The van der Waals surface area contributed by atoms with Crippen molar-refractivity contribution in [2.24, 2.45) is 17.6 Å². The fourth-order valence-electron chi connectivity index (χ4n) is 4.49. The van der Waals surface area contributed by atoms with Crippen LogP contribution in [0, 0.1) is 11.8 Å². The van der Waals surface area contributed by atoms with Crippen molar-refractivity contribution in [3.05, 3.63) is 30.3 Å². The summed E-state index contributed by atoms with van der Waals surface area (Å²) in [6.07, 6.45) is 3.20. The lowest BCUT2D eigenvalue weighted by Crippen LogP contribution is -2.51. The number of nitrogens with zero attached hydrogens (tertiary/aromatic N) is 1. The second kappa shape index (κ2) is 8.93. The van der Waals surface area contributed by atoms with Gasteiger partial charge >= 0.3 is 0 Å². The fraction of sp³-hybridized carbons (Fsp3) is 0.667. The molecule has 1 aromatic rings. The minimum absolute atomic E-state index is 0.0271. The van der Waals surface area contributed by atoms with E-state index < -0.39 is 15.9 Å². The number of nitrogens with two attached hydrogens (primary N) is 1. The monoisotopic (exact) mass is 407 g/mol. The van der Waals surface area contributed by atoms with E-state index in [0.717, 1.165) is 25.8 Å². The first-order valence-electron chi connectivity index (χ1n) is 10.3. The normalized spacial score (nSPS) is 28.9. The molecule has 2 aliphatic rings. The minimum Gasteiger partial charge on any atom is -0.338 e. The van der Waals surface area contributed by atoms with Crippen LogP contribution in [-0.2, 0) is 14.6 Å². The van der Waals surface area contributed by atoms with Gasteiger partial charge in [-0.3, -0.25) is 4.79 Å². The fourth-order valence-corrected chi connectivity index (χ4v) is 6.17. The van der Waals surface area contributed by atoms with Crippen molar-refractivity contribution < 1.29 is 13.2 Å². The third-order valence-corrected chi connectivity index (χ3v) is 7.83. The van der Waals surface area contributed by atoms with Gasteiger partial charge in [-0.05, 0) is 56.2 Å². The molecule has 1 saturated heterocycles. The molecule has 4 unspecified atom stereocenters. The number of sulfone groups is 1. The van der Waals surface area contributed by atoms with E-state index >= 15 is 0 Å². The number of carbonyl (C=O) groups excluding carboxylic acids is 1. The summed E-state index contributed by atoms with van der Waals surface area (Å²) >= 11 is 0. The molecule has 1 aliphatic heterocycles. The zero-order chi connectivity index (χ0) is 20.3. The molecule has 0 spiro atoms. The van der Waals surface area contributed by atoms with Crippen LogP contribution in [0.4, 0.5) is 0 Å². The molecule has 1 heterocycles. The largest absolute Gasteiger partial charge is 0.338 e. The summed E-state index contributed by atoms with van der Waals surface area (Å²) in [6, 6.07) is 8.43. The second-order valence-electron chi connectivity index (χ2n) is 8.66. The molecular formula is C21H33N3O3S. The van der Waals surface area contributed by atoms with Crippen molar-refractivity contribution in [3.8, 4) is 0 Å². The third-order valence-electron chi connectivity index (χ3n) is 5.97. The van der Waals surface area contributed by atoms with Gasteiger partial charge in [-0.25, -0.2) is 8.42 Å². The van der Waals surface area contributed by atoms with E-state index in [-0.39, 0.29) is 23.6 Å². The number of benzene rings is 1. The summed E-state index contributed by atoms with van der Waals surface area (Å²) in [7, 11) is -3.41. The summed E-state index contributed by atoms with van der Waals surface area (Å²) < 4.78 is 26.1. The molecule has 1 aliphatic carbocycles. The van der Waals surface area contributed by atoms with Gasteiger partial charge in [-0.2, -0.15) is 0 Å². The number of nitrogens with one attached hydrogen (secondary N) is 1. The van der Waals surface area contributed by atoms with E-state index in [1.807, 2.05) is 11.0 Å². The van der Waals surface area contributed by atoms with Crippen LogP contribution in [0.2, 0.25) is 0 Å². The van der Waals surface area contributed by atoms with Crippen molar-refractivity contribution in [1.29, 1.82) is 0 Å². The van der Waals surface area contributed by atoms with Gasteiger partial charge in [0.25, 0.3) is 0 Å². The highest BCUT2D eigenvalue weighted by Gasteiger charge is 2.42. The number of hydrogen-bond acceptors (Lipinski definition) is 5. The van der Waals surface area contributed by atoms with Crippen molar-refractivity contribution >= 4 is 15.7 Å². The highest BCUT2D eigenvalue weighted by molar-refractivity contribution is 7.91. The first-order chi connectivity index (χ1) is 13.3. The topological polar surface area (TPSA) is 92.5 Å². The average molecular weight is 408 g/mol. The standard InChI is InChI=1S/C21H33N3O3S/c1-15(2)13-23-17-8-9-20(24-11-10-19(22)21(24)25)16(12-17)14-28(26,27)18-6-4-3-5-7-18/h3-7,15-17,19-20,23H,8-14,22H2,1-2H3. The molecule has 6 nitrogen and oxygen atoms in total. The summed E-state index contributed by atoms with van der Waals surface area (Å²) in [5.41, 5.74) is 5.93. The lowest BCUT2D eigenvalue weighted by molar-refractivity contribution is -0.132. The van der Waals surface area contributed by atoms with Crippen LogP contribution in [0.3, 0.4) is 0 Å². The van der Waals surface area contributed by atoms with E-state index in [1.54, 1.807) is 24.3 Å². The Morgan fingerprint density at radius 3 is 2.50 bits per heavy atom. The van der Waals surface area contributed by atoms with Crippen LogP contribution in [0.5, 0.6) is 0 Å². The van der Waals surface area contributed by atoms with Crippen LogP contribution in [0.25, 0.3) is 0 Å². The Kier molecular flexibility index (Phi) is 6.78. The predicted octanol–water partition coefficient (Wildman–Crippen LogP) is 1.80. The number of likely N-dealkylation sites (tertiary alicyclic amines) is 1. The molecule has 1 aromatic carbocycles. The summed E-state index contributed by atoms with van der Waals surface area (Å²) in [4.78, 5) is 14.7. The van der Waals surface area contributed by atoms with Crippen LogP contribution in [0.1, 0.15) is 39.5 Å². The molecule has 4 atom stereocenters. The summed E-state index contributed by atoms with van der Waals surface area (Å²) in [5, 5.41) is 3.58. The Morgan fingerprint density at radius 1 is 1.18 bits per heavy atom. The lowest BCUT2D eigenvalue weighted by Gasteiger charge is -2.41. The molecule has 1 amide bonds. The van der Waals surface area contributed by atoms with Crippen LogP contribution in [0.15, 0.2) is 35.2 Å². The Labute approximate surface area is 168 Å². The van der Waals surface area contributed by atoms with Crippen molar-refractivity contribution in [1.82, 2.24) is 10.2 Å². The van der Waals surface area contributed by atoms with Crippen LogP contribution < -0.4 is 11.1 Å². The van der Waals surface area contributed by atoms with E-state index in [4.69, 9.17) is 5.73 Å². The van der Waals surface area contributed by atoms with Gasteiger partial charge in [0.05, 0.1) is 16.7 Å². The molecule has 0 bridgehead atoms. The Balaban J connectivity index is 1.79. The van der Waals surface area contributed by atoms with Crippen LogP contribution >= 0.6 is 0 Å². The molecule has 0 radical (unpaired) electrons. The molecule has 3 rings (SSSR count). The first kappa shape index (κ1) is 21.3. The molecule has 1 saturated carbocycles. The zero-order valence-corrected chi connectivity index (χ0v) is 17.7. The van der Waals surface area contributed by atoms with Crippen LogP contribution in [-0.4, -0.2) is 56.2 Å². The molecular weight excluding hydrogens is 374 g/mol. The van der Waals surface area contributed by atoms with Gasteiger partial charge in [0.2, 0.25) is 5.91 Å². The second-order valence-corrected chi connectivity index (χ2v) is 10.7. The molecule has 7 heteroatoms. The zero-order valence-electron chi connectivity index (χ0n) is 16.9. The first-order valence-corrected chi connectivity index (χ1v) is 12.0. The van der Waals surface area contributed by atoms with Gasteiger partial charge in [0.1, 0.15) is 0 Å².